The summed E-state index contributed by atoms with van der Waals surface area (Å²) in [4.78, 5) is 0.183. The van der Waals surface area contributed by atoms with Gasteiger partial charge in [0.1, 0.15) is 5.82 Å². The first-order chi connectivity index (χ1) is 8.91. The summed E-state index contributed by atoms with van der Waals surface area (Å²) in [5.74, 6) is -0.404. The van der Waals surface area contributed by atoms with E-state index in [1.54, 1.807) is 12.1 Å². The molecule has 0 spiro atoms. The third kappa shape index (κ3) is 2.96. The number of sulfonamides is 1. The number of rotatable bonds is 3. The highest BCUT2D eigenvalue weighted by atomic mass is 79.9. The van der Waals surface area contributed by atoms with Gasteiger partial charge in [0.05, 0.1) is 10.6 Å². The molecule has 0 aliphatic heterocycles. The van der Waals surface area contributed by atoms with Gasteiger partial charge in [-0.1, -0.05) is 15.9 Å². The minimum Gasteiger partial charge on any atom is -0.269 e. The standard InChI is InChI=1S/C13H11BrFNO2S/c1-16(12-6-4-11(15)5-7-12)19(17,18)13-8-2-10(14)3-9-13/h2-9H,1H3. The van der Waals surface area contributed by atoms with Gasteiger partial charge in [-0.3, -0.25) is 4.31 Å². The highest BCUT2D eigenvalue weighted by Gasteiger charge is 2.20. The number of hydrogen-bond acceptors (Lipinski definition) is 2. The quantitative estimate of drug-likeness (QED) is 0.856. The second-order valence-corrected chi connectivity index (χ2v) is 6.79. The van der Waals surface area contributed by atoms with Crippen molar-refractivity contribution in [3.05, 3.63) is 58.8 Å². The Kier molecular flexibility index (Phi) is 3.91. The molecule has 100 valence electrons. The van der Waals surface area contributed by atoms with Crippen molar-refractivity contribution in [3.8, 4) is 0 Å². The minimum absolute atomic E-state index is 0.183. The third-order valence-electron chi connectivity index (χ3n) is 2.66. The minimum atomic E-state index is -3.63. The Morgan fingerprint density at radius 1 is 1.00 bits per heavy atom. The fourth-order valence-corrected chi connectivity index (χ4v) is 3.01. The Hall–Kier alpha value is -1.40. The lowest BCUT2D eigenvalue weighted by atomic mass is 10.3. The van der Waals surface area contributed by atoms with Crippen molar-refractivity contribution in [2.75, 3.05) is 11.4 Å². The molecule has 0 radical (unpaired) electrons. The first kappa shape index (κ1) is 14.0. The molecule has 0 fully saturated rings. The maximum Gasteiger partial charge on any atom is 0.264 e. The molecule has 3 nitrogen and oxygen atoms in total. The van der Waals surface area contributed by atoms with Crippen molar-refractivity contribution in [1.82, 2.24) is 0 Å². The summed E-state index contributed by atoms with van der Waals surface area (Å²) < 4.78 is 39.5. The van der Waals surface area contributed by atoms with Crippen LogP contribution in [0.4, 0.5) is 10.1 Å². The summed E-state index contributed by atoms with van der Waals surface area (Å²) in [5.41, 5.74) is 0.407. The number of benzene rings is 2. The van der Waals surface area contributed by atoms with Crippen LogP contribution >= 0.6 is 15.9 Å². The Labute approximate surface area is 119 Å². The molecule has 19 heavy (non-hydrogen) atoms. The molecule has 6 heteroatoms. The normalized spacial score (nSPS) is 11.3. The molecule has 0 saturated heterocycles. The van der Waals surface area contributed by atoms with E-state index in [1.807, 2.05) is 0 Å². The zero-order chi connectivity index (χ0) is 14.0. The molecule has 0 atom stereocenters. The van der Waals surface area contributed by atoms with Gasteiger partial charge in [-0.15, -0.1) is 0 Å². The third-order valence-corrected chi connectivity index (χ3v) is 4.99. The van der Waals surface area contributed by atoms with Crippen molar-refractivity contribution in [1.29, 1.82) is 0 Å². The van der Waals surface area contributed by atoms with Crippen molar-refractivity contribution in [3.63, 3.8) is 0 Å². The van der Waals surface area contributed by atoms with Gasteiger partial charge in [0.2, 0.25) is 0 Å². The van der Waals surface area contributed by atoms with Crippen molar-refractivity contribution in [2.24, 2.45) is 0 Å². The number of nitrogens with zero attached hydrogens (tertiary/aromatic N) is 1. The number of anilines is 1. The van der Waals surface area contributed by atoms with E-state index in [9.17, 15) is 12.8 Å². The molecule has 2 aromatic carbocycles. The number of hydrogen-bond donors (Lipinski definition) is 0. The largest absolute Gasteiger partial charge is 0.269 e. The predicted octanol–water partition coefficient (Wildman–Crippen LogP) is 3.41. The Balaban J connectivity index is 2.39. The Morgan fingerprint density at radius 2 is 1.53 bits per heavy atom. The van der Waals surface area contributed by atoms with Gasteiger partial charge in [0.15, 0.2) is 0 Å². The van der Waals surface area contributed by atoms with Crippen molar-refractivity contribution >= 4 is 31.6 Å². The van der Waals surface area contributed by atoms with E-state index in [0.29, 0.717) is 5.69 Å². The molecule has 0 unspecified atom stereocenters. The molecule has 0 bridgehead atoms. The Morgan fingerprint density at radius 3 is 2.05 bits per heavy atom. The maximum atomic E-state index is 12.8. The lowest BCUT2D eigenvalue weighted by Gasteiger charge is -2.19. The van der Waals surface area contributed by atoms with Gasteiger partial charge in [0, 0.05) is 11.5 Å². The molecule has 0 aliphatic carbocycles. The lowest BCUT2D eigenvalue weighted by molar-refractivity contribution is 0.594. The van der Waals surface area contributed by atoms with E-state index in [4.69, 9.17) is 0 Å². The summed E-state index contributed by atoms with van der Waals surface area (Å²) in [6, 6.07) is 11.6. The van der Waals surface area contributed by atoms with Crippen LogP contribution in [-0.4, -0.2) is 15.5 Å². The topological polar surface area (TPSA) is 37.4 Å². The lowest BCUT2D eigenvalue weighted by Crippen LogP contribution is -2.26. The first-order valence-electron chi connectivity index (χ1n) is 5.41. The maximum absolute atomic E-state index is 12.8. The zero-order valence-corrected chi connectivity index (χ0v) is 12.4. The van der Waals surface area contributed by atoms with Crippen molar-refractivity contribution < 1.29 is 12.8 Å². The molecule has 0 aliphatic rings. The van der Waals surface area contributed by atoms with Crippen LogP contribution in [0.3, 0.4) is 0 Å². The summed E-state index contributed by atoms with van der Waals surface area (Å²) >= 11 is 3.25. The molecule has 2 rings (SSSR count). The molecule has 2 aromatic rings. The molecule has 0 aromatic heterocycles. The predicted molar refractivity (Wildman–Crippen MR) is 76.1 cm³/mol. The van der Waals surface area contributed by atoms with E-state index >= 15 is 0 Å². The van der Waals surface area contributed by atoms with Crippen LogP contribution in [0.25, 0.3) is 0 Å². The molecule has 0 amide bonds. The van der Waals surface area contributed by atoms with E-state index in [0.717, 1.165) is 8.78 Å². The van der Waals surface area contributed by atoms with Crippen LogP contribution in [0.5, 0.6) is 0 Å². The van der Waals surface area contributed by atoms with Crippen LogP contribution in [0.15, 0.2) is 57.9 Å². The van der Waals surface area contributed by atoms with Gasteiger partial charge in [-0.25, -0.2) is 12.8 Å². The first-order valence-corrected chi connectivity index (χ1v) is 7.64. The van der Waals surface area contributed by atoms with Crippen LogP contribution in [-0.2, 0) is 10.0 Å². The van der Waals surface area contributed by atoms with Crippen LogP contribution in [0, 0.1) is 5.82 Å². The fraction of sp³-hybridized carbons (Fsp3) is 0.0769. The second-order valence-electron chi connectivity index (χ2n) is 3.90. The highest BCUT2D eigenvalue weighted by Crippen LogP contribution is 2.23. The average Bonchev–Trinajstić information content (AvgIpc) is 2.39. The molecule has 0 heterocycles. The van der Waals surface area contributed by atoms with Gasteiger partial charge < -0.3 is 0 Å². The summed E-state index contributed by atoms with van der Waals surface area (Å²) in [6.07, 6.45) is 0. The Bertz CT molecular complexity index is 669. The average molecular weight is 344 g/mol. The van der Waals surface area contributed by atoms with Gasteiger partial charge >= 0.3 is 0 Å². The van der Waals surface area contributed by atoms with E-state index in [-0.39, 0.29) is 4.90 Å². The van der Waals surface area contributed by atoms with Gasteiger partial charge in [-0.05, 0) is 48.5 Å². The van der Waals surface area contributed by atoms with Crippen molar-refractivity contribution in [2.45, 2.75) is 4.90 Å². The van der Waals surface area contributed by atoms with E-state index in [1.165, 1.54) is 43.4 Å². The summed E-state index contributed by atoms with van der Waals surface area (Å²) in [6.45, 7) is 0. The monoisotopic (exact) mass is 343 g/mol. The molecular weight excluding hydrogens is 333 g/mol. The van der Waals surface area contributed by atoms with Gasteiger partial charge in [0.25, 0.3) is 10.0 Å². The van der Waals surface area contributed by atoms with Crippen LogP contribution < -0.4 is 4.31 Å². The SMILES string of the molecule is CN(c1ccc(F)cc1)S(=O)(=O)c1ccc(Br)cc1. The summed E-state index contributed by atoms with van der Waals surface area (Å²) in [7, 11) is -2.20. The van der Waals surface area contributed by atoms with Crippen LogP contribution in [0.1, 0.15) is 0 Å². The highest BCUT2D eigenvalue weighted by molar-refractivity contribution is 9.10. The molecule has 0 N–H and O–H groups in total. The molecule has 0 saturated carbocycles. The number of halogens is 2. The van der Waals surface area contributed by atoms with E-state index < -0.39 is 15.8 Å². The van der Waals surface area contributed by atoms with E-state index in [2.05, 4.69) is 15.9 Å². The fourth-order valence-electron chi connectivity index (χ4n) is 1.55. The second kappa shape index (κ2) is 5.30. The van der Waals surface area contributed by atoms with Gasteiger partial charge in [-0.2, -0.15) is 0 Å². The van der Waals surface area contributed by atoms with Crippen LogP contribution in [0.2, 0.25) is 0 Å². The zero-order valence-electron chi connectivity index (χ0n) is 10.0. The molecular formula is C13H11BrFNO2S. The smallest absolute Gasteiger partial charge is 0.264 e. The summed E-state index contributed by atoms with van der Waals surface area (Å²) in [5, 5.41) is 0.